The summed E-state index contributed by atoms with van der Waals surface area (Å²) in [7, 11) is 0. The van der Waals surface area contributed by atoms with Gasteiger partial charge in [-0.25, -0.2) is 0 Å². The van der Waals surface area contributed by atoms with Crippen LogP contribution in [-0.4, -0.2) is 10.5 Å². The summed E-state index contributed by atoms with van der Waals surface area (Å²) < 4.78 is 0. The monoisotopic (exact) mass is 251 g/mol. The van der Waals surface area contributed by atoms with E-state index in [0.29, 0.717) is 5.33 Å². The molecule has 0 spiro atoms. The molecule has 0 unspecified atom stereocenters. The average Bonchev–Trinajstić information content (AvgIpc) is 2.17. The Balaban J connectivity index is 2.87. The smallest absolute Gasteiger partial charge is 0.0740 e. The zero-order valence-electron chi connectivity index (χ0n) is 6.75. The molecule has 0 saturated heterocycles. The Kier molecular flexibility index (Phi) is 4.42. The lowest BCUT2D eigenvalue weighted by molar-refractivity contribution is 1.53. The van der Waals surface area contributed by atoms with Crippen molar-refractivity contribution in [2.45, 2.75) is 0 Å². The molecule has 64 valence electrons. The number of aliphatic imine (C=N–C) groups is 1. The molecule has 13 heavy (non-hydrogen) atoms. The van der Waals surface area contributed by atoms with Gasteiger partial charge < -0.3 is 0 Å². The predicted molar refractivity (Wildman–Crippen MR) is 61.8 cm³/mol. The lowest BCUT2D eigenvalue weighted by atomic mass is 10.2. The number of alkyl halides is 1. The first-order valence-corrected chi connectivity index (χ1v) is 5.12. The van der Waals surface area contributed by atoms with Crippen LogP contribution in [0.2, 0.25) is 0 Å². The fourth-order valence-electron chi connectivity index (χ4n) is 0.807. The molecule has 0 aliphatic heterocycles. The van der Waals surface area contributed by atoms with E-state index in [1.807, 2.05) is 24.3 Å². The number of halogens is 1. The lowest BCUT2D eigenvalue weighted by Gasteiger charge is -1.90. The van der Waals surface area contributed by atoms with Crippen LogP contribution in [0.25, 0.3) is 0 Å². The van der Waals surface area contributed by atoms with Crippen molar-refractivity contribution in [1.82, 2.24) is 0 Å². The van der Waals surface area contributed by atoms with Gasteiger partial charge in [-0.15, -0.1) is 0 Å². The van der Waals surface area contributed by atoms with Crippen LogP contribution in [0.3, 0.4) is 0 Å². The molecule has 0 fully saturated rings. The zero-order valence-corrected chi connectivity index (χ0v) is 9.15. The molecule has 1 aromatic carbocycles. The van der Waals surface area contributed by atoms with Crippen molar-refractivity contribution >= 4 is 39.0 Å². The van der Waals surface area contributed by atoms with E-state index in [9.17, 15) is 0 Å². The van der Waals surface area contributed by atoms with Crippen LogP contribution in [0.5, 0.6) is 0 Å². The standard InChI is InChI=1S/C10H6BrNS/c11-7-1-2-9-3-5-10(6-4-9)12-8-13/h3-6H,7H2. The molecule has 0 N–H and O–H groups in total. The maximum Gasteiger partial charge on any atom is 0.0740 e. The van der Waals surface area contributed by atoms with E-state index in [1.165, 1.54) is 0 Å². The fraction of sp³-hybridized carbons (Fsp3) is 0.100. The van der Waals surface area contributed by atoms with Crippen molar-refractivity contribution in [2.24, 2.45) is 4.99 Å². The van der Waals surface area contributed by atoms with Crippen molar-refractivity contribution in [3.63, 3.8) is 0 Å². The molecule has 0 atom stereocenters. The summed E-state index contributed by atoms with van der Waals surface area (Å²) >= 11 is 7.72. The topological polar surface area (TPSA) is 12.4 Å². The molecule has 3 heteroatoms. The van der Waals surface area contributed by atoms with Gasteiger partial charge in [-0.2, -0.15) is 4.99 Å². The molecule has 0 aromatic heterocycles. The Labute approximate surface area is 91.0 Å². The third kappa shape index (κ3) is 3.52. The normalized spacial score (nSPS) is 8.08. The molecule has 0 amide bonds. The third-order valence-corrected chi connectivity index (χ3v) is 1.71. The number of isothiocyanates is 1. The van der Waals surface area contributed by atoms with Gasteiger partial charge in [0, 0.05) is 5.56 Å². The molecule has 0 bridgehead atoms. The van der Waals surface area contributed by atoms with Crippen LogP contribution in [0.15, 0.2) is 29.3 Å². The van der Waals surface area contributed by atoms with E-state index in [4.69, 9.17) is 0 Å². The summed E-state index contributed by atoms with van der Waals surface area (Å²) in [5.74, 6) is 5.89. The van der Waals surface area contributed by atoms with E-state index < -0.39 is 0 Å². The number of hydrogen-bond acceptors (Lipinski definition) is 2. The Bertz CT molecular complexity index is 380. The van der Waals surface area contributed by atoms with Crippen molar-refractivity contribution in [3.05, 3.63) is 29.8 Å². The van der Waals surface area contributed by atoms with E-state index in [-0.39, 0.29) is 0 Å². The van der Waals surface area contributed by atoms with Crippen LogP contribution in [0, 0.1) is 11.8 Å². The van der Waals surface area contributed by atoms with Gasteiger partial charge in [-0.05, 0) is 36.5 Å². The first-order chi connectivity index (χ1) is 6.36. The Morgan fingerprint density at radius 1 is 1.31 bits per heavy atom. The van der Waals surface area contributed by atoms with Crippen LogP contribution >= 0.6 is 28.1 Å². The number of rotatable bonds is 1. The van der Waals surface area contributed by atoms with Crippen LogP contribution in [0.1, 0.15) is 5.56 Å². The van der Waals surface area contributed by atoms with Crippen LogP contribution in [0.4, 0.5) is 5.69 Å². The molecule has 0 heterocycles. The number of hydrogen-bond donors (Lipinski definition) is 0. The maximum atomic E-state index is 4.49. The molecule has 0 aliphatic carbocycles. The molecular weight excluding hydrogens is 246 g/mol. The van der Waals surface area contributed by atoms with Gasteiger partial charge in [0.2, 0.25) is 0 Å². The molecule has 0 saturated carbocycles. The van der Waals surface area contributed by atoms with E-state index in [0.717, 1.165) is 11.3 Å². The van der Waals surface area contributed by atoms with Gasteiger partial charge in [-0.1, -0.05) is 27.8 Å². The molecule has 1 nitrogen and oxygen atoms in total. The van der Waals surface area contributed by atoms with Gasteiger partial charge in [0.25, 0.3) is 0 Å². The van der Waals surface area contributed by atoms with Gasteiger partial charge in [0.15, 0.2) is 0 Å². The Morgan fingerprint density at radius 3 is 2.54 bits per heavy atom. The molecule has 1 rings (SSSR count). The highest BCUT2D eigenvalue weighted by atomic mass is 79.9. The second-order valence-electron chi connectivity index (χ2n) is 2.19. The minimum absolute atomic E-state index is 0.687. The Hall–Kier alpha value is -0.940. The first-order valence-electron chi connectivity index (χ1n) is 3.59. The summed E-state index contributed by atoms with van der Waals surface area (Å²) in [6.45, 7) is 0. The quantitative estimate of drug-likeness (QED) is 0.323. The maximum absolute atomic E-state index is 4.49. The number of thiocarbonyl (C=S) groups is 1. The van der Waals surface area contributed by atoms with Gasteiger partial charge in [0.1, 0.15) is 0 Å². The highest BCUT2D eigenvalue weighted by Crippen LogP contribution is 2.11. The summed E-state index contributed by atoms with van der Waals surface area (Å²) in [6, 6.07) is 7.53. The van der Waals surface area contributed by atoms with Crippen molar-refractivity contribution < 1.29 is 0 Å². The minimum atomic E-state index is 0.687. The summed E-state index contributed by atoms with van der Waals surface area (Å²) in [4.78, 5) is 3.84. The van der Waals surface area contributed by atoms with Crippen molar-refractivity contribution in [2.75, 3.05) is 5.33 Å². The van der Waals surface area contributed by atoms with Gasteiger partial charge in [-0.3, -0.25) is 0 Å². The Morgan fingerprint density at radius 2 is 2.00 bits per heavy atom. The average molecular weight is 252 g/mol. The molecule has 1 aromatic rings. The highest BCUT2D eigenvalue weighted by Gasteiger charge is 1.87. The van der Waals surface area contributed by atoms with Gasteiger partial charge in [0.05, 0.1) is 16.2 Å². The number of nitrogens with zero attached hydrogens (tertiary/aromatic N) is 1. The number of benzene rings is 1. The van der Waals surface area contributed by atoms with E-state index in [1.54, 1.807) is 0 Å². The second-order valence-corrected chi connectivity index (χ2v) is 2.93. The van der Waals surface area contributed by atoms with Gasteiger partial charge >= 0.3 is 0 Å². The summed E-state index contributed by atoms with van der Waals surface area (Å²) in [5.41, 5.74) is 1.78. The van der Waals surface area contributed by atoms with Crippen LogP contribution in [-0.2, 0) is 0 Å². The summed E-state index contributed by atoms with van der Waals surface area (Å²) in [6.07, 6.45) is 0. The second kappa shape index (κ2) is 5.66. The minimum Gasteiger partial charge on any atom is -0.195 e. The fourth-order valence-corrected chi connectivity index (χ4v) is 1.05. The predicted octanol–water partition coefficient (Wildman–Crippen LogP) is 3.17. The third-order valence-electron chi connectivity index (χ3n) is 1.34. The van der Waals surface area contributed by atoms with Crippen molar-refractivity contribution in [1.29, 1.82) is 0 Å². The summed E-state index contributed by atoms with van der Waals surface area (Å²) in [5, 5.41) is 3.00. The molecule has 0 radical (unpaired) electrons. The SMILES string of the molecule is S=C=Nc1ccc(C#CCBr)cc1. The highest BCUT2D eigenvalue weighted by molar-refractivity contribution is 9.09. The largest absolute Gasteiger partial charge is 0.195 e. The van der Waals surface area contributed by atoms with Crippen LogP contribution < -0.4 is 0 Å². The van der Waals surface area contributed by atoms with E-state index >= 15 is 0 Å². The van der Waals surface area contributed by atoms with Crippen molar-refractivity contribution in [3.8, 4) is 11.8 Å². The zero-order chi connectivity index (χ0) is 9.52. The van der Waals surface area contributed by atoms with E-state index in [2.05, 4.69) is 50.1 Å². The molecular formula is C10H6BrNS. The molecule has 0 aliphatic rings. The first kappa shape index (κ1) is 10.1. The lowest BCUT2D eigenvalue weighted by Crippen LogP contribution is -1.72.